The highest BCUT2D eigenvalue weighted by Crippen LogP contribution is 2.12. The lowest BCUT2D eigenvalue weighted by molar-refractivity contribution is -0.144. The van der Waals surface area contributed by atoms with Crippen molar-refractivity contribution in [2.75, 3.05) is 0 Å². The number of hydrogen-bond acceptors (Lipinski definition) is 5. The van der Waals surface area contributed by atoms with Gasteiger partial charge in [0.05, 0.1) is 6.04 Å². The number of nitrogens with one attached hydrogen (secondary N) is 3. The lowest BCUT2D eigenvalue weighted by atomic mass is 9.95. The minimum absolute atomic E-state index is 0.255. The molecule has 0 saturated carbocycles. The van der Waals surface area contributed by atoms with Crippen LogP contribution in [-0.2, 0) is 25.6 Å². The molecular weight excluding hydrogens is 436 g/mol. The molecule has 0 aliphatic carbocycles. The summed E-state index contributed by atoms with van der Waals surface area (Å²) in [6, 6.07) is 5.56. The van der Waals surface area contributed by atoms with Gasteiger partial charge in [-0.3, -0.25) is 14.4 Å². The monoisotopic (exact) mass is 476 g/mol. The normalized spacial score (nSPS) is 15.7. The van der Waals surface area contributed by atoms with E-state index in [1.807, 2.05) is 37.3 Å². The van der Waals surface area contributed by atoms with Crippen molar-refractivity contribution in [2.24, 2.45) is 23.5 Å². The topological polar surface area (TPSA) is 151 Å². The summed E-state index contributed by atoms with van der Waals surface area (Å²) in [5.74, 6) is -3.55. The summed E-state index contributed by atoms with van der Waals surface area (Å²) in [6.45, 7) is 10.6. The number of carboxylic acids is 1. The molecule has 0 heterocycles. The van der Waals surface area contributed by atoms with E-state index >= 15 is 0 Å². The summed E-state index contributed by atoms with van der Waals surface area (Å²) in [7, 11) is 0. The molecule has 3 amide bonds. The van der Waals surface area contributed by atoms with Crippen molar-refractivity contribution in [1.29, 1.82) is 0 Å². The third-order valence-corrected chi connectivity index (χ3v) is 5.91. The molecule has 0 spiro atoms. The van der Waals surface area contributed by atoms with Gasteiger partial charge < -0.3 is 26.8 Å². The molecule has 1 aromatic carbocycles. The van der Waals surface area contributed by atoms with Crippen molar-refractivity contribution in [1.82, 2.24) is 16.0 Å². The van der Waals surface area contributed by atoms with E-state index in [-0.39, 0.29) is 17.8 Å². The van der Waals surface area contributed by atoms with Gasteiger partial charge >= 0.3 is 5.97 Å². The van der Waals surface area contributed by atoms with Crippen LogP contribution in [-0.4, -0.2) is 53.0 Å². The van der Waals surface area contributed by atoms with Crippen LogP contribution in [0.2, 0.25) is 0 Å². The first-order valence-electron chi connectivity index (χ1n) is 11.8. The van der Waals surface area contributed by atoms with Gasteiger partial charge in [0.15, 0.2) is 0 Å². The number of benzene rings is 1. The zero-order valence-corrected chi connectivity index (χ0v) is 21.0. The van der Waals surface area contributed by atoms with Crippen LogP contribution >= 0.6 is 0 Å². The van der Waals surface area contributed by atoms with Gasteiger partial charge in [0, 0.05) is 0 Å². The highest BCUT2D eigenvalue weighted by atomic mass is 16.4. The molecule has 0 aromatic heterocycles. The first kappa shape index (κ1) is 29.1. The minimum atomic E-state index is -1.14. The second kappa shape index (κ2) is 13.7. The van der Waals surface area contributed by atoms with Gasteiger partial charge in [-0.15, -0.1) is 0 Å². The summed E-state index contributed by atoms with van der Waals surface area (Å²) in [5.41, 5.74) is 6.97. The quantitative estimate of drug-likeness (QED) is 0.291. The summed E-state index contributed by atoms with van der Waals surface area (Å²) in [4.78, 5) is 50.3. The third-order valence-electron chi connectivity index (χ3n) is 5.91. The van der Waals surface area contributed by atoms with E-state index in [0.717, 1.165) is 5.56 Å². The van der Waals surface area contributed by atoms with Gasteiger partial charge in [-0.25, -0.2) is 4.79 Å². The maximum Gasteiger partial charge on any atom is 0.326 e. The Balaban J connectivity index is 2.94. The number of carboxylic acid groups (broad SMARTS) is 1. The molecule has 190 valence electrons. The average molecular weight is 477 g/mol. The van der Waals surface area contributed by atoms with Gasteiger partial charge in [-0.2, -0.15) is 0 Å². The maximum atomic E-state index is 13.1. The van der Waals surface area contributed by atoms with Crippen LogP contribution < -0.4 is 21.7 Å². The fourth-order valence-corrected chi connectivity index (χ4v) is 3.46. The molecule has 0 aliphatic heterocycles. The molecule has 0 radical (unpaired) electrons. The Hall–Kier alpha value is -2.94. The molecule has 6 N–H and O–H groups in total. The van der Waals surface area contributed by atoms with E-state index in [2.05, 4.69) is 16.0 Å². The number of amides is 3. The number of aliphatic carboxylic acids is 1. The van der Waals surface area contributed by atoms with E-state index in [9.17, 15) is 24.3 Å². The summed E-state index contributed by atoms with van der Waals surface area (Å²) in [6.07, 6.45) is 0.904. The smallest absolute Gasteiger partial charge is 0.326 e. The molecule has 5 unspecified atom stereocenters. The van der Waals surface area contributed by atoms with Gasteiger partial charge in [-0.05, 0) is 29.7 Å². The van der Waals surface area contributed by atoms with Crippen LogP contribution in [0.1, 0.15) is 53.5 Å². The SMILES string of the molecule is CCC(C)C(NC(=O)C(NC(=O)C(N)Cc1ccccc1)C(C)C)C(=O)NC(C(=O)O)C(C)C. The highest BCUT2D eigenvalue weighted by Gasteiger charge is 2.34. The molecule has 1 rings (SSSR count). The maximum absolute atomic E-state index is 13.1. The predicted molar refractivity (Wildman–Crippen MR) is 131 cm³/mol. The van der Waals surface area contributed by atoms with E-state index in [0.29, 0.717) is 12.8 Å². The first-order valence-corrected chi connectivity index (χ1v) is 11.8. The minimum Gasteiger partial charge on any atom is -0.480 e. The Morgan fingerprint density at radius 2 is 1.26 bits per heavy atom. The van der Waals surface area contributed by atoms with Gasteiger partial charge in [0.2, 0.25) is 17.7 Å². The summed E-state index contributed by atoms with van der Waals surface area (Å²) >= 11 is 0. The first-order chi connectivity index (χ1) is 15.9. The van der Waals surface area contributed by atoms with E-state index in [1.54, 1.807) is 34.6 Å². The number of carbonyl (C=O) groups excluding carboxylic acids is 3. The van der Waals surface area contributed by atoms with Crippen LogP contribution in [0, 0.1) is 17.8 Å². The number of carbonyl (C=O) groups is 4. The summed E-state index contributed by atoms with van der Waals surface area (Å²) < 4.78 is 0. The Kier molecular flexibility index (Phi) is 11.7. The second-order valence-corrected chi connectivity index (χ2v) is 9.47. The van der Waals surface area contributed by atoms with Gasteiger partial charge in [0.1, 0.15) is 18.1 Å². The Labute approximate surface area is 202 Å². The van der Waals surface area contributed by atoms with Crippen molar-refractivity contribution in [3.05, 3.63) is 35.9 Å². The Morgan fingerprint density at radius 3 is 1.74 bits per heavy atom. The van der Waals surface area contributed by atoms with E-state index < -0.39 is 47.9 Å². The number of hydrogen-bond donors (Lipinski definition) is 5. The third kappa shape index (κ3) is 8.78. The molecular formula is C25H40N4O5. The standard InChI is InChI=1S/C25H40N4O5/c1-7-16(6)21(24(32)28-20(15(4)5)25(33)34)29-23(31)19(14(2)3)27-22(30)18(26)13-17-11-9-8-10-12-17/h8-12,14-16,18-21H,7,13,26H2,1-6H3,(H,27,30)(H,28,32)(H,29,31)(H,33,34). The number of rotatable bonds is 13. The molecule has 1 aromatic rings. The molecule has 9 heteroatoms. The fraction of sp³-hybridized carbons (Fsp3) is 0.600. The van der Waals surface area contributed by atoms with Crippen LogP contribution in [0.25, 0.3) is 0 Å². The molecule has 5 atom stereocenters. The second-order valence-electron chi connectivity index (χ2n) is 9.47. The van der Waals surface area contributed by atoms with Gasteiger partial charge in [-0.1, -0.05) is 78.3 Å². The Bertz CT molecular complexity index is 828. The van der Waals surface area contributed by atoms with Crippen molar-refractivity contribution >= 4 is 23.7 Å². The van der Waals surface area contributed by atoms with Crippen molar-refractivity contribution < 1.29 is 24.3 Å². The zero-order chi connectivity index (χ0) is 26.0. The van der Waals surface area contributed by atoms with Crippen LogP contribution in [0.15, 0.2) is 30.3 Å². The lowest BCUT2D eigenvalue weighted by Crippen LogP contribution is -2.60. The molecule has 0 saturated heterocycles. The zero-order valence-electron chi connectivity index (χ0n) is 21.0. The summed E-state index contributed by atoms with van der Waals surface area (Å²) in [5, 5.41) is 17.4. The lowest BCUT2D eigenvalue weighted by Gasteiger charge is -2.30. The Morgan fingerprint density at radius 1 is 0.794 bits per heavy atom. The van der Waals surface area contributed by atoms with Crippen LogP contribution in [0.3, 0.4) is 0 Å². The predicted octanol–water partition coefficient (Wildman–Crippen LogP) is 1.45. The highest BCUT2D eigenvalue weighted by molar-refractivity contribution is 5.94. The van der Waals surface area contributed by atoms with Crippen molar-refractivity contribution in [3.8, 4) is 0 Å². The average Bonchev–Trinajstić information content (AvgIpc) is 2.78. The van der Waals surface area contributed by atoms with Crippen molar-refractivity contribution in [3.63, 3.8) is 0 Å². The molecule has 0 bridgehead atoms. The largest absolute Gasteiger partial charge is 0.480 e. The van der Waals surface area contributed by atoms with Gasteiger partial charge in [0.25, 0.3) is 0 Å². The van der Waals surface area contributed by atoms with E-state index in [1.165, 1.54) is 0 Å². The molecule has 0 fully saturated rings. The fourth-order valence-electron chi connectivity index (χ4n) is 3.46. The van der Waals surface area contributed by atoms with Crippen LogP contribution in [0.5, 0.6) is 0 Å². The molecule has 34 heavy (non-hydrogen) atoms. The number of nitrogens with two attached hydrogens (primary N) is 1. The van der Waals surface area contributed by atoms with Crippen molar-refractivity contribution in [2.45, 2.75) is 78.6 Å². The van der Waals surface area contributed by atoms with E-state index in [4.69, 9.17) is 5.73 Å². The molecule has 9 nitrogen and oxygen atoms in total. The molecule has 0 aliphatic rings. The van der Waals surface area contributed by atoms with Crippen LogP contribution in [0.4, 0.5) is 0 Å².